The van der Waals surface area contributed by atoms with Gasteiger partial charge >= 0.3 is 0 Å². The minimum atomic E-state index is -0.731. The highest BCUT2D eigenvalue weighted by Gasteiger charge is 2.17. The van der Waals surface area contributed by atoms with Crippen LogP contribution in [-0.4, -0.2) is 22.0 Å². The number of methoxy groups -OCH3 is 1. The van der Waals surface area contributed by atoms with Gasteiger partial charge in [0.15, 0.2) is 23.1 Å². The topological polar surface area (TPSA) is 53.1 Å². The molecule has 31 heavy (non-hydrogen) atoms. The van der Waals surface area contributed by atoms with Crippen LogP contribution < -0.4 is 4.74 Å². The molecule has 8 heteroatoms. The van der Waals surface area contributed by atoms with E-state index >= 15 is 0 Å². The normalized spacial score (nSPS) is 11.2. The van der Waals surface area contributed by atoms with E-state index in [0.29, 0.717) is 33.5 Å². The Labute approximate surface area is 174 Å². The number of nitrogens with zero attached hydrogens (tertiary/aromatic N) is 3. The van der Waals surface area contributed by atoms with Crippen LogP contribution in [0.25, 0.3) is 39.2 Å². The number of rotatable bonds is 4. The lowest BCUT2D eigenvalue weighted by Crippen LogP contribution is -2.02. The van der Waals surface area contributed by atoms with Crippen LogP contribution in [0.2, 0.25) is 0 Å². The van der Waals surface area contributed by atoms with E-state index in [9.17, 15) is 13.2 Å². The van der Waals surface area contributed by atoms with Crippen LogP contribution in [0.3, 0.4) is 0 Å². The maximum absolute atomic E-state index is 14.3. The molecule has 0 aliphatic heterocycles. The number of benzene rings is 3. The van der Waals surface area contributed by atoms with E-state index < -0.39 is 17.5 Å². The Kier molecular flexibility index (Phi) is 4.47. The van der Waals surface area contributed by atoms with E-state index in [4.69, 9.17) is 9.26 Å². The average molecular weight is 421 g/mol. The maximum Gasteiger partial charge on any atom is 0.174 e. The van der Waals surface area contributed by atoms with Crippen molar-refractivity contribution >= 4 is 10.9 Å². The van der Waals surface area contributed by atoms with E-state index in [0.717, 1.165) is 6.07 Å². The minimum Gasteiger partial charge on any atom is -0.494 e. The Morgan fingerprint density at radius 1 is 0.871 bits per heavy atom. The molecule has 0 aliphatic carbocycles. The van der Waals surface area contributed by atoms with Gasteiger partial charge in [0.25, 0.3) is 0 Å². The first-order chi connectivity index (χ1) is 15.0. The standard InChI is InChI=1S/C23H14F3N3O2/c1-30-22-7-3-14(11-18(22)26)23-16-10-13(2-5-19(16)28-31-23)20-8-9-27-29(20)21-6-4-15(24)12-17(21)25/h2-12H,1H3. The Morgan fingerprint density at radius 3 is 2.48 bits per heavy atom. The number of aromatic nitrogens is 3. The van der Waals surface area contributed by atoms with E-state index in [1.54, 1.807) is 30.3 Å². The Morgan fingerprint density at radius 2 is 1.71 bits per heavy atom. The largest absolute Gasteiger partial charge is 0.494 e. The van der Waals surface area contributed by atoms with Gasteiger partial charge in [-0.25, -0.2) is 17.9 Å². The lowest BCUT2D eigenvalue weighted by Gasteiger charge is -2.09. The molecule has 0 spiro atoms. The fourth-order valence-electron chi connectivity index (χ4n) is 3.48. The Bertz CT molecular complexity index is 1430. The van der Waals surface area contributed by atoms with Gasteiger partial charge in [0.1, 0.15) is 17.0 Å². The molecule has 0 saturated carbocycles. The number of hydrogen-bond donors (Lipinski definition) is 0. The van der Waals surface area contributed by atoms with Crippen molar-refractivity contribution in [2.75, 3.05) is 7.11 Å². The molecule has 0 aliphatic rings. The zero-order valence-electron chi connectivity index (χ0n) is 16.1. The zero-order valence-corrected chi connectivity index (χ0v) is 16.1. The number of ether oxygens (including phenoxy) is 1. The molecule has 154 valence electrons. The molecule has 5 rings (SSSR count). The number of hydrogen-bond acceptors (Lipinski definition) is 4. The lowest BCUT2D eigenvalue weighted by molar-refractivity contribution is 0.386. The van der Waals surface area contributed by atoms with Gasteiger partial charge in [-0.05, 0) is 48.5 Å². The van der Waals surface area contributed by atoms with Crippen LogP contribution in [0.15, 0.2) is 71.4 Å². The highest BCUT2D eigenvalue weighted by Crippen LogP contribution is 2.34. The van der Waals surface area contributed by atoms with Crippen molar-refractivity contribution in [3.63, 3.8) is 0 Å². The third-order valence-electron chi connectivity index (χ3n) is 4.97. The Hall–Kier alpha value is -4.07. The second-order valence-electron chi connectivity index (χ2n) is 6.82. The van der Waals surface area contributed by atoms with Crippen LogP contribution in [0.4, 0.5) is 13.2 Å². The molecule has 0 atom stereocenters. The fraction of sp³-hybridized carbons (Fsp3) is 0.0435. The Balaban J connectivity index is 1.63. The number of fused-ring (bicyclic) bond motifs is 1. The summed E-state index contributed by atoms with van der Waals surface area (Å²) in [7, 11) is 1.39. The first-order valence-electron chi connectivity index (χ1n) is 9.28. The highest BCUT2D eigenvalue weighted by atomic mass is 19.1. The summed E-state index contributed by atoms with van der Waals surface area (Å²) in [6.45, 7) is 0. The van der Waals surface area contributed by atoms with E-state index in [1.165, 1.54) is 42.3 Å². The summed E-state index contributed by atoms with van der Waals surface area (Å²) >= 11 is 0. The SMILES string of the molecule is COc1ccc(-c2onc3ccc(-c4ccnn4-c4ccc(F)cc4F)cc23)cc1F. The first-order valence-corrected chi connectivity index (χ1v) is 9.28. The molecule has 0 amide bonds. The van der Waals surface area contributed by atoms with E-state index in [2.05, 4.69) is 10.3 Å². The predicted octanol–water partition coefficient (Wildman–Crippen LogP) is 5.77. The van der Waals surface area contributed by atoms with Gasteiger partial charge in [-0.1, -0.05) is 11.2 Å². The molecule has 2 heterocycles. The van der Waals surface area contributed by atoms with Gasteiger partial charge in [0, 0.05) is 17.2 Å². The molecule has 0 saturated heterocycles. The van der Waals surface area contributed by atoms with Crippen LogP contribution in [0.1, 0.15) is 0 Å². The molecule has 3 aromatic carbocycles. The molecule has 2 aromatic heterocycles. The maximum atomic E-state index is 14.3. The van der Waals surface area contributed by atoms with Gasteiger partial charge in [-0.3, -0.25) is 0 Å². The van der Waals surface area contributed by atoms with Crippen molar-refractivity contribution in [1.29, 1.82) is 0 Å². The van der Waals surface area contributed by atoms with Gasteiger partial charge in [0.2, 0.25) is 0 Å². The van der Waals surface area contributed by atoms with Gasteiger partial charge in [0.05, 0.1) is 24.4 Å². The van der Waals surface area contributed by atoms with Gasteiger partial charge in [-0.15, -0.1) is 0 Å². The smallest absolute Gasteiger partial charge is 0.174 e. The highest BCUT2D eigenvalue weighted by molar-refractivity contribution is 5.94. The van der Waals surface area contributed by atoms with Crippen molar-refractivity contribution in [2.24, 2.45) is 0 Å². The third-order valence-corrected chi connectivity index (χ3v) is 4.97. The first kappa shape index (κ1) is 18.9. The van der Waals surface area contributed by atoms with Crippen molar-refractivity contribution in [3.8, 4) is 34.0 Å². The molecule has 5 aromatic rings. The quantitative estimate of drug-likeness (QED) is 0.370. The van der Waals surface area contributed by atoms with Crippen LogP contribution in [-0.2, 0) is 0 Å². The van der Waals surface area contributed by atoms with Gasteiger partial charge in [-0.2, -0.15) is 5.10 Å². The van der Waals surface area contributed by atoms with Gasteiger partial charge < -0.3 is 9.26 Å². The third kappa shape index (κ3) is 3.22. The predicted molar refractivity (Wildman–Crippen MR) is 108 cm³/mol. The summed E-state index contributed by atoms with van der Waals surface area (Å²) in [4.78, 5) is 0. The zero-order chi connectivity index (χ0) is 21.5. The summed E-state index contributed by atoms with van der Waals surface area (Å²) in [6, 6.07) is 14.8. The van der Waals surface area contributed by atoms with E-state index in [1.807, 2.05) is 0 Å². The summed E-state index contributed by atoms with van der Waals surface area (Å²) in [5, 5.41) is 8.87. The van der Waals surface area contributed by atoms with Crippen LogP contribution in [0.5, 0.6) is 5.75 Å². The molecular weight excluding hydrogens is 407 g/mol. The van der Waals surface area contributed by atoms with Crippen LogP contribution >= 0.6 is 0 Å². The molecule has 0 fully saturated rings. The summed E-state index contributed by atoms with van der Waals surface area (Å²) in [5.74, 6) is -1.41. The molecule has 0 bridgehead atoms. The van der Waals surface area contributed by atoms with Crippen molar-refractivity contribution in [3.05, 3.63) is 84.3 Å². The second-order valence-corrected chi connectivity index (χ2v) is 6.82. The van der Waals surface area contributed by atoms with Crippen molar-refractivity contribution in [2.45, 2.75) is 0 Å². The lowest BCUT2D eigenvalue weighted by atomic mass is 10.0. The monoisotopic (exact) mass is 421 g/mol. The van der Waals surface area contributed by atoms with Crippen molar-refractivity contribution in [1.82, 2.24) is 14.9 Å². The van der Waals surface area contributed by atoms with Crippen molar-refractivity contribution < 1.29 is 22.4 Å². The van der Waals surface area contributed by atoms with Crippen LogP contribution in [0, 0.1) is 17.5 Å². The fourth-order valence-corrected chi connectivity index (χ4v) is 3.48. The number of halogens is 3. The molecule has 5 nitrogen and oxygen atoms in total. The molecule has 0 N–H and O–H groups in total. The molecule has 0 radical (unpaired) electrons. The summed E-state index contributed by atoms with van der Waals surface area (Å²) < 4.78 is 53.6. The second kappa shape index (κ2) is 7.32. The molecular formula is C23H14F3N3O2. The molecule has 0 unspecified atom stereocenters. The summed E-state index contributed by atoms with van der Waals surface area (Å²) in [5.41, 5.74) is 2.47. The van der Waals surface area contributed by atoms with E-state index in [-0.39, 0.29) is 11.4 Å². The average Bonchev–Trinajstić information content (AvgIpc) is 3.40. The summed E-state index contributed by atoms with van der Waals surface area (Å²) in [6.07, 6.45) is 1.52. The minimum absolute atomic E-state index is 0.115.